The Kier molecular flexibility index (Phi) is 5.09. The molecule has 9 heavy (non-hydrogen) atoms. The molecule has 0 aromatic heterocycles. The fourth-order valence-corrected chi connectivity index (χ4v) is 0.739. The Bertz CT molecular complexity index is 66.0. The maximum Gasteiger partial charge on any atom is 0.0970 e. The minimum absolute atomic E-state index is 0. The summed E-state index contributed by atoms with van der Waals surface area (Å²) in [6, 6.07) is 0. The molecule has 0 aliphatic carbocycles. The summed E-state index contributed by atoms with van der Waals surface area (Å²) in [5, 5.41) is 11.6. The van der Waals surface area contributed by atoms with E-state index >= 15 is 0 Å². The van der Waals surface area contributed by atoms with E-state index in [1.807, 2.05) is 0 Å². The van der Waals surface area contributed by atoms with E-state index in [1.165, 1.54) is 0 Å². The van der Waals surface area contributed by atoms with E-state index in [1.54, 1.807) is 0 Å². The standard InChI is InChI=1S/C5H11NO2.ClH/c7-3-5-1-2-6-4-8-5;/h5-7H,1-4H2;1H. The maximum absolute atomic E-state index is 8.54. The van der Waals surface area contributed by atoms with Crippen LogP contribution in [0.25, 0.3) is 0 Å². The van der Waals surface area contributed by atoms with E-state index in [0.717, 1.165) is 13.0 Å². The molecule has 0 spiro atoms. The van der Waals surface area contributed by atoms with Gasteiger partial charge < -0.3 is 9.84 Å². The van der Waals surface area contributed by atoms with Gasteiger partial charge in [-0.2, -0.15) is 0 Å². The summed E-state index contributed by atoms with van der Waals surface area (Å²) in [5.74, 6) is 0. The molecule has 0 saturated carbocycles. The van der Waals surface area contributed by atoms with Crippen molar-refractivity contribution in [2.75, 3.05) is 19.9 Å². The zero-order valence-electron chi connectivity index (χ0n) is 5.17. The van der Waals surface area contributed by atoms with Gasteiger partial charge in [0.15, 0.2) is 0 Å². The normalized spacial score (nSPS) is 27.0. The van der Waals surface area contributed by atoms with Crippen molar-refractivity contribution >= 4 is 12.4 Å². The second-order valence-corrected chi connectivity index (χ2v) is 1.90. The van der Waals surface area contributed by atoms with Crippen LogP contribution in [0.5, 0.6) is 0 Å². The Morgan fingerprint density at radius 3 is 2.78 bits per heavy atom. The Hall–Kier alpha value is 0.170. The van der Waals surface area contributed by atoms with Gasteiger partial charge in [-0.3, -0.25) is 5.32 Å². The quantitative estimate of drug-likeness (QED) is 0.546. The smallest absolute Gasteiger partial charge is 0.0970 e. The van der Waals surface area contributed by atoms with E-state index in [4.69, 9.17) is 9.84 Å². The second-order valence-electron chi connectivity index (χ2n) is 1.90. The SMILES string of the molecule is Cl.OCC1CCNCO1. The summed E-state index contributed by atoms with van der Waals surface area (Å²) in [5.41, 5.74) is 0. The summed E-state index contributed by atoms with van der Waals surface area (Å²) in [6.07, 6.45) is 1.01. The first-order chi connectivity index (χ1) is 3.93. The van der Waals surface area contributed by atoms with Gasteiger partial charge in [-0.25, -0.2) is 0 Å². The zero-order valence-corrected chi connectivity index (χ0v) is 5.99. The van der Waals surface area contributed by atoms with Crippen molar-refractivity contribution in [3.05, 3.63) is 0 Å². The van der Waals surface area contributed by atoms with E-state index in [9.17, 15) is 0 Å². The number of hydrogen-bond donors (Lipinski definition) is 2. The number of nitrogens with one attached hydrogen (secondary N) is 1. The molecular weight excluding hydrogens is 142 g/mol. The van der Waals surface area contributed by atoms with Crippen LogP contribution in [0.15, 0.2) is 0 Å². The number of hydrogen-bond acceptors (Lipinski definition) is 3. The van der Waals surface area contributed by atoms with Crippen LogP contribution in [0.4, 0.5) is 0 Å². The van der Waals surface area contributed by atoms with Gasteiger partial charge in [0, 0.05) is 0 Å². The monoisotopic (exact) mass is 153 g/mol. The lowest BCUT2D eigenvalue weighted by Gasteiger charge is -2.20. The van der Waals surface area contributed by atoms with Crippen LogP contribution >= 0.6 is 12.4 Å². The summed E-state index contributed by atoms with van der Waals surface area (Å²) in [7, 11) is 0. The molecule has 0 aromatic carbocycles. The molecule has 1 aliphatic heterocycles. The highest BCUT2D eigenvalue weighted by molar-refractivity contribution is 5.85. The van der Waals surface area contributed by atoms with Gasteiger partial charge in [-0.1, -0.05) is 0 Å². The van der Waals surface area contributed by atoms with Gasteiger partial charge in [0.25, 0.3) is 0 Å². The zero-order chi connectivity index (χ0) is 5.82. The lowest BCUT2D eigenvalue weighted by molar-refractivity contribution is -0.0239. The summed E-state index contributed by atoms with van der Waals surface area (Å²) >= 11 is 0. The van der Waals surface area contributed by atoms with E-state index < -0.39 is 0 Å². The molecule has 1 unspecified atom stereocenters. The average Bonchev–Trinajstić information content (AvgIpc) is 1.90. The highest BCUT2D eigenvalue weighted by Gasteiger charge is 2.10. The van der Waals surface area contributed by atoms with Gasteiger partial charge in [-0.15, -0.1) is 12.4 Å². The third-order valence-corrected chi connectivity index (χ3v) is 1.27. The molecule has 1 saturated heterocycles. The fraction of sp³-hybridized carbons (Fsp3) is 1.00. The summed E-state index contributed by atoms with van der Waals surface area (Å²) in [4.78, 5) is 0. The van der Waals surface area contributed by atoms with Crippen molar-refractivity contribution < 1.29 is 9.84 Å². The molecule has 1 atom stereocenters. The minimum atomic E-state index is 0. The first-order valence-electron chi connectivity index (χ1n) is 2.86. The highest BCUT2D eigenvalue weighted by Crippen LogP contribution is 1.98. The predicted octanol–water partition coefficient (Wildman–Crippen LogP) is -0.264. The highest BCUT2D eigenvalue weighted by atomic mass is 35.5. The van der Waals surface area contributed by atoms with Crippen LogP contribution in [-0.2, 0) is 4.74 Å². The molecule has 1 aliphatic rings. The van der Waals surface area contributed by atoms with Crippen molar-refractivity contribution in [3.8, 4) is 0 Å². The van der Waals surface area contributed by atoms with Crippen LogP contribution in [-0.4, -0.2) is 31.1 Å². The molecule has 56 valence electrons. The molecule has 0 aromatic rings. The molecule has 4 heteroatoms. The van der Waals surface area contributed by atoms with Gasteiger partial charge >= 0.3 is 0 Å². The van der Waals surface area contributed by atoms with Crippen LogP contribution in [0.3, 0.4) is 0 Å². The Balaban J connectivity index is 0.000000640. The lowest BCUT2D eigenvalue weighted by atomic mass is 10.2. The molecule has 1 fully saturated rings. The van der Waals surface area contributed by atoms with Gasteiger partial charge in [-0.05, 0) is 13.0 Å². The second kappa shape index (κ2) is 4.99. The molecule has 1 heterocycles. The molecule has 1 rings (SSSR count). The topological polar surface area (TPSA) is 41.5 Å². The number of ether oxygens (including phenoxy) is 1. The van der Waals surface area contributed by atoms with Crippen molar-refractivity contribution in [2.45, 2.75) is 12.5 Å². The summed E-state index contributed by atoms with van der Waals surface area (Å²) < 4.78 is 5.07. The van der Waals surface area contributed by atoms with Gasteiger partial charge in [0.05, 0.1) is 19.4 Å². The number of aliphatic hydroxyl groups excluding tert-OH is 1. The van der Waals surface area contributed by atoms with E-state index in [-0.39, 0.29) is 25.1 Å². The number of aliphatic hydroxyl groups is 1. The first kappa shape index (κ1) is 9.17. The van der Waals surface area contributed by atoms with E-state index in [0.29, 0.717) is 6.73 Å². The molecule has 0 bridgehead atoms. The lowest BCUT2D eigenvalue weighted by Crippen LogP contribution is -2.35. The largest absolute Gasteiger partial charge is 0.394 e. The molecule has 0 radical (unpaired) electrons. The van der Waals surface area contributed by atoms with Crippen LogP contribution in [0, 0.1) is 0 Å². The predicted molar refractivity (Wildman–Crippen MR) is 36.7 cm³/mol. The van der Waals surface area contributed by atoms with Crippen molar-refractivity contribution in [2.24, 2.45) is 0 Å². The summed E-state index contributed by atoms with van der Waals surface area (Å²) in [6.45, 7) is 1.71. The first-order valence-corrected chi connectivity index (χ1v) is 2.86. The van der Waals surface area contributed by atoms with Crippen LogP contribution in [0.2, 0.25) is 0 Å². The van der Waals surface area contributed by atoms with E-state index in [2.05, 4.69) is 5.32 Å². The van der Waals surface area contributed by atoms with Crippen molar-refractivity contribution in [3.63, 3.8) is 0 Å². The van der Waals surface area contributed by atoms with Crippen LogP contribution < -0.4 is 5.32 Å². The van der Waals surface area contributed by atoms with Crippen molar-refractivity contribution in [1.29, 1.82) is 0 Å². The number of halogens is 1. The maximum atomic E-state index is 8.54. The molecule has 3 nitrogen and oxygen atoms in total. The molecular formula is C5H12ClNO2. The van der Waals surface area contributed by atoms with Crippen molar-refractivity contribution in [1.82, 2.24) is 5.32 Å². The third kappa shape index (κ3) is 3.01. The fourth-order valence-electron chi connectivity index (χ4n) is 0.739. The van der Waals surface area contributed by atoms with Crippen LogP contribution in [0.1, 0.15) is 6.42 Å². The minimum Gasteiger partial charge on any atom is -0.394 e. The molecule has 0 amide bonds. The number of rotatable bonds is 1. The Morgan fingerprint density at radius 2 is 2.44 bits per heavy atom. The average molecular weight is 154 g/mol. The van der Waals surface area contributed by atoms with Gasteiger partial charge in [0.1, 0.15) is 0 Å². The van der Waals surface area contributed by atoms with Gasteiger partial charge in [0.2, 0.25) is 0 Å². The Labute approximate surface area is 60.8 Å². The Morgan fingerprint density at radius 1 is 1.67 bits per heavy atom. The third-order valence-electron chi connectivity index (χ3n) is 1.27. The molecule has 2 N–H and O–H groups in total.